The van der Waals surface area contributed by atoms with Crippen LogP contribution in [0.15, 0.2) is 24.3 Å². The molecule has 0 aliphatic carbocycles. The van der Waals surface area contributed by atoms with Gasteiger partial charge in [0, 0.05) is 30.3 Å². The molecule has 1 aromatic rings. The van der Waals surface area contributed by atoms with Crippen molar-refractivity contribution in [1.82, 2.24) is 10.6 Å². The fourth-order valence-electron chi connectivity index (χ4n) is 2.68. The number of carbonyl (C=O) groups excluding carboxylic acids is 1. The Bertz CT molecular complexity index is 543. The van der Waals surface area contributed by atoms with Crippen molar-refractivity contribution >= 4 is 11.6 Å². The molecule has 1 saturated heterocycles. The average molecular weight is 291 g/mol. The molecule has 1 fully saturated rings. The highest BCUT2D eigenvalue weighted by molar-refractivity contribution is 5.94. The largest absolute Gasteiger partial charge is 0.350 e. The number of carbonyl (C=O) groups is 1. The van der Waals surface area contributed by atoms with E-state index in [1.165, 1.54) is 18.2 Å². The number of nitro groups is 1. The Hall–Kier alpha value is -1.95. The molecule has 1 heterocycles. The Morgan fingerprint density at radius 1 is 1.52 bits per heavy atom. The lowest BCUT2D eigenvalue weighted by molar-refractivity contribution is -0.384. The summed E-state index contributed by atoms with van der Waals surface area (Å²) in [5.41, 5.74) is 0.380. The van der Waals surface area contributed by atoms with E-state index in [-0.39, 0.29) is 23.1 Å². The molecular weight excluding hydrogens is 270 g/mol. The number of non-ortho nitro benzene ring substituents is 1. The minimum Gasteiger partial charge on any atom is -0.350 e. The van der Waals surface area contributed by atoms with Gasteiger partial charge in [0.25, 0.3) is 11.6 Å². The average Bonchev–Trinajstić information content (AvgIpc) is 2.45. The lowest BCUT2D eigenvalue weighted by atomic mass is 9.77. The topological polar surface area (TPSA) is 84.3 Å². The summed E-state index contributed by atoms with van der Waals surface area (Å²) < 4.78 is 0. The zero-order chi connectivity index (χ0) is 15.5. The first-order valence-corrected chi connectivity index (χ1v) is 7.16. The van der Waals surface area contributed by atoms with Crippen LogP contribution in [0.25, 0.3) is 0 Å². The van der Waals surface area contributed by atoms with E-state index in [0.29, 0.717) is 12.1 Å². The van der Waals surface area contributed by atoms with Crippen LogP contribution in [0.5, 0.6) is 0 Å². The van der Waals surface area contributed by atoms with Crippen molar-refractivity contribution in [2.45, 2.75) is 32.7 Å². The first kappa shape index (κ1) is 15.4. The smallest absolute Gasteiger partial charge is 0.270 e. The third kappa shape index (κ3) is 3.78. The highest BCUT2D eigenvalue weighted by Gasteiger charge is 2.32. The number of amides is 1. The molecule has 21 heavy (non-hydrogen) atoms. The number of hydrogen-bond acceptors (Lipinski definition) is 4. The van der Waals surface area contributed by atoms with E-state index in [0.717, 1.165) is 19.4 Å². The minimum absolute atomic E-state index is 0.0706. The maximum atomic E-state index is 12.1. The van der Waals surface area contributed by atoms with E-state index in [9.17, 15) is 14.9 Å². The van der Waals surface area contributed by atoms with Crippen LogP contribution in [0.3, 0.4) is 0 Å². The third-order valence-corrected chi connectivity index (χ3v) is 4.12. The minimum atomic E-state index is -0.497. The molecule has 1 aliphatic heterocycles. The van der Waals surface area contributed by atoms with Crippen molar-refractivity contribution in [3.8, 4) is 0 Å². The highest BCUT2D eigenvalue weighted by Crippen LogP contribution is 2.29. The molecule has 1 aliphatic rings. The summed E-state index contributed by atoms with van der Waals surface area (Å²) >= 11 is 0. The summed E-state index contributed by atoms with van der Waals surface area (Å²) in [6.07, 6.45) is 2.26. The number of hydrogen-bond donors (Lipinski definition) is 2. The number of nitrogens with one attached hydrogen (secondary N) is 2. The Labute approximate surface area is 124 Å². The number of rotatable bonds is 4. The zero-order valence-electron chi connectivity index (χ0n) is 12.4. The zero-order valence-corrected chi connectivity index (χ0v) is 12.4. The predicted molar refractivity (Wildman–Crippen MR) is 80.2 cm³/mol. The van der Waals surface area contributed by atoms with Gasteiger partial charge in [0.05, 0.1) is 4.92 Å². The number of piperidine rings is 1. The van der Waals surface area contributed by atoms with Gasteiger partial charge in [0.2, 0.25) is 0 Å². The monoisotopic (exact) mass is 291 g/mol. The number of nitrogens with zero attached hydrogens (tertiary/aromatic N) is 1. The van der Waals surface area contributed by atoms with Crippen LogP contribution in [-0.2, 0) is 0 Å². The van der Waals surface area contributed by atoms with Gasteiger partial charge >= 0.3 is 0 Å². The van der Waals surface area contributed by atoms with E-state index in [1.54, 1.807) is 6.07 Å². The van der Waals surface area contributed by atoms with Gasteiger partial charge in [-0.2, -0.15) is 0 Å². The van der Waals surface area contributed by atoms with Gasteiger partial charge in [-0.1, -0.05) is 19.9 Å². The van der Waals surface area contributed by atoms with Gasteiger partial charge in [-0.15, -0.1) is 0 Å². The van der Waals surface area contributed by atoms with Gasteiger partial charge in [0.15, 0.2) is 0 Å². The molecular formula is C15H21N3O3. The highest BCUT2D eigenvalue weighted by atomic mass is 16.6. The van der Waals surface area contributed by atoms with Crippen molar-refractivity contribution in [3.05, 3.63) is 39.9 Å². The molecule has 6 nitrogen and oxygen atoms in total. The molecule has 2 rings (SSSR count). The van der Waals surface area contributed by atoms with Crippen molar-refractivity contribution in [3.63, 3.8) is 0 Å². The second kappa shape index (κ2) is 6.22. The van der Waals surface area contributed by atoms with E-state index >= 15 is 0 Å². The maximum Gasteiger partial charge on any atom is 0.270 e. The summed E-state index contributed by atoms with van der Waals surface area (Å²) in [7, 11) is 0. The fraction of sp³-hybridized carbons (Fsp3) is 0.533. The van der Waals surface area contributed by atoms with Gasteiger partial charge in [0.1, 0.15) is 0 Å². The number of benzene rings is 1. The Morgan fingerprint density at radius 2 is 2.29 bits per heavy atom. The van der Waals surface area contributed by atoms with Crippen LogP contribution < -0.4 is 10.6 Å². The standard InChI is InChI=1S/C15H21N3O3/c1-15(2)7-4-8-16-13(15)10-17-14(19)11-5-3-6-12(9-11)18(20)21/h3,5-6,9,13,16H,4,7-8,10H2,1-2H3,(H,17,19). The Morgan fingerprint density at radius 3 is 2.95 bits per heavy atom. The quantitative estimate of drug-likeness (QED) is 0.657. The summed E-state index contributed by atoms with van der Waals surface area (Å²) in [6.45, 7) is 5.85. The van der Waals surface area contributed by atoms with Crippen LogP contribution in [0.1, 0.15) is 37.0 Å². The van der Waals surface area contributed by atoms with Crippen LogP contribution >= 0.6 is 0 Å². The van der Waals surface area contributed by atoms with E-state index in [4.69, 9.17) is 0 Å². The predicted octanol–water partition coefficient (Wildman–Crippen LogP) is 2.10. The van der Waals surface area contributed by atoms with E-state index < -0.39 is 4.92 Å². The van der Waals surface area contributed by atoms with Crippen molar-refractivity contribution in [2.24, 2.45) is 5.41 Å². The molecule has 0 radical (unpaired) electrons. The summed E-state index contributed by atoms with van der Waals surface area (Å²) in [4.78, 5) is 22.3. The molecule has 114 valence electrons. The molecule has 0 aromatic heterocycles. The van der Waals surface area contributed by atoms with E-state index in [2.05, 4.69) is 24.5 Å². The first-order chi connectivity index (χ1) is 9.90. The van der Waals surface area contributed by atoms with Gasteiger partial charge in [-0.25, -0.2) is 0 Å². The summed E-state index contributed by atoms with van der Waals surface area (Å²) in [6, 6.07) is 6.00. The maximum absolute atomic E-state index is 12.1. The van der Waals surface area contributed by atoms with Crippen molar-refractivity contribution < 1.29 is 9.72 Å². The normalized spacial score (nSPS) is 20.8. The number of nitro benzene ring substituents is 1. The van der Waals surface area contributed by atoms with E-state index in [1.807, 2.05) is 0 Å². The van der Waals surface area contributed by atoms with Crippen LogP contribution in [0.2, 0.25) is 0 Å². The first-order valence-electron chi connectivity index (χ1n) is 7.16. The second-order valence-corrected chi connectivity index (χ2v) is 6.12. The molecule has 1 atom stereocenters. The van der Waals surface area contributed by atoms with Crippen molar-refractivity contribution in [2.75, 3.05) is 13.1 Å². The van der Waals surface area contributed by atoms with Gasteiger partial charge < -0.3 is 10.6 Å². The van der Waals surface area contributed by atoms with Crippen LogP contribution in [0, 0.1) is 15.5 Å². The molecule has 1 aromatic carbocycles. The lowest BCUT2D eigenvalue weighted by Crippen LogP contribution is -2.52. The van der Waals surface area contributed by atoms with Gasteiger partial charge in [-0.3, -0.25) is 14.9 Å². The lowest BCUT2D eigenvalue weighted by Gasteiger charge is -2.39. The molecule has 6 heteroatoms. The molecule has 1 amide bonds. The van der Waals surface area contributed by atoms with Gasteiger partial charge in [-0.05, 0) is 30.9 Å². The fourth-order valence-corrected chi connectivity index (χ4v) is 2.68. The van der Waals surface area contributed by atoms with Crippen LogP contribution in [-0.4, -0.2) is 30.0 Å². The molecule has 2 N–H and O–H groups in total. The molecule has 0 bridgehead atoms. The van der Waals surface area contributed by atoms with Crippen molar-refractivity contribution in [1.29, 1.82) is 0 Å². The Kier molecular flexibility index (Phi) is 4.57. The summed E-state index contributed by atoms with van der Waals surface area (Å²) in [5.74, 6) is -0.276. The molecule has 0 saturated carbocycles. The van der Waals surface area contributed by atoms with Crippen LogP contribution in [0.4, 0.5) is 5.69 Å². The molecule has 1 unspecified atom stereocenters. The molecule has 0 spiro atoms. The summed E-state index contributed by atoms with van der Waals surface area (Å²) in [5, 5.41) is 17.0. The SMILES string of the molecule is CC1(C)CCCNC1CNC(=O)c1cccc([N+](=O)[O-])c1. The third-order valence-electron chi connectivity index (χ3n) is 4.12. The second-order valence-electron chi connectivity index (χ2n) is 6.12. The Balaban J connectivity index is 1.98.